The van der Waals surface area contributed by atoms with Crippen molar-refractivity contribution in [3.05, 3.63) is 90.8 Å². The molecular weight excluding hydrogens is 639 g/mol. The number of pyridine rings is 1. The Morgan fingerprint density at radius 2 is 1.54 bits per heavy atom. The maximum atomic E-state index is 11.7. The van der Waals surface area contributed by atoms with E-state index in [-0.39, 0.29) is 43.5 Å². The van der Waals surface area contributed by atoms with Crippen molar-refractivity contribution in [1.29, 1.82) is 0 Å². The van der Waals surface area contributed by atoms with Crippen LogP contribution in [0.1, 0.15) is 53.4 Å². The van der Waals surface area contributed by atoms with Gasteiger partial charge in [-0.2, -0.15) is 18.2 Å². The normalized spacial score (nSPS) is 11.2. The summed E-state index contributed by atoms with van der Waals surface area (Å²) in [5, 5.41) is 14.3. The van der Waals surface area contributed by atoms with Gasteiger partial charge >= 0.3 is 0 Å². The number of benzene rings is 3. The number of aliphatic hydroxyl groups is 1. The van der Waals surface area contributed by atoms with Crippen LogP contribution in [0.3, 0.4) is 0 Å². The minimum Gasteiger partial charge on any atom is -0.512 e. The molecule has 1 radical (unpaired) electrons. The molecule has 0 aliphatic heterocycles. The van der Waals surface area contributed by atoms with E-state index in [1.807, 2.05) is 70.2 Å². The van der Waals surface area contributed by atoms with Crippen molar-refractivity contribution in [2.45, 2.75) is 53.4 Å². The quantitative estimate of drug-likeness (QED) is 0.0835. The molecule has 4 aromatic rings. The van der Waals surface area contributed by atoms with Crippen molar-refractivity contribution in [3.63, 3.8) is 0 Å². The molecule has 1 heterocycles. The Labute approximate surface area is 234 Å². The molecule has 1 aromatic heterocycles. The molecular formula is C32H36IrNO3-. The summed E-state index contributed by atoms with van der Waals surface area (Å²) in [5.41, 5.74) is 0. The van der Waals surface area contributed by atoms with Gasteiger partial charge in [-0.15, -0.1) is 12.1 Å². The third-order valence-corrected chi connectivity index (χ3v) is 6.60. The molecule has 0 spiro atoms. The molecule has 37 heavy (non-hydrogen) atoms. The molecule has 0 aliphatic carbocycles. The van der Waals surface area contributed by atoms with Crippen LogP contribution >= 0.6 is 0 Å². The average Bonchev–Trinajstić information content (AvgIpc) is 2.91. The summed E-state index contributed by atoms with van der Waals surface area (Å²) in [5.74, 6) is 1.83. The molecule has 0 bridgehead atoms. The number of carbonyl (C=O) groups is 1. The zero-order valence-corrected chi connectivity index (χ0v) is 24.4. The summed E-state index contributed by atoms with van der Waals surface area (Å²) in [6.45, 7) is 8.07. The molecule has 4 rings (SSSR count). The van der Waals surface area contributed by atoms with Crippen LogP contribution in [0.15, 0.2) is 84.8 Å². The first-order valence-corrected chi connectivity index (χ1v) is 12.9. The van der Waals surface area contributed by atoms with Crippen LogP contribution in [-0.4, -0.2) is 15.9 Å². The topological polar surface area (TPSA) is 59.4 Å². The number of para-hydroxylation sites is 1. The van der Waals surface area contributed by atoms with Crippen molar-refractivity contribution < 1.29 is 34.7 Å². The number of aromatic nitrogens is 1. The molecule has 0 saturated carbocycles. The van der Waals surface area contributed by atoms with Gasteiger partial charge in [-0.1, -0.05) is 58.0 Å². The number of hydrogen-bond acceptors (Lipinski definition) is 4. The smallest absolute Gasteiger partial charge is 0.224 e. The van der Waals surface area contributed by atoms with Gasteiger partial charge in [0.15, 0.2) is 5.78 Å². The second kappa shape index (κ2) is 15.3. The number of allylic oxidation sites excluding steroid dienone is 2. The van der Waals surface area contributed by atoms with Gasteiger partial charge in [0.1, 0.15) is 0 Å². The summed E-state index contributed by atoms with van der Waals surface area (Å²) in [6, 6.07) is 25.1. The monoisotopic (exact) mass is 675 g/mol. The van der Waals surface area contributed by atoms with Crippen LogP contribution in [0.25, 0.3) is 21.5 Å². The van der Waals surface area contributed by atoms with E-state index in [4.69, 9.17) is 4.74 Å². The molecule has 0 amide bonds. The van der Waals surface area contributed by atoms with Crippen molar-refractivity contribution in [3.8, 4) is 11.6 Å². The summed E-state index contributed by atoms with van der Waals surface area (Å²) < 4.78 is 5.87. The van der Waals surface area contributed by atoms with E-state index in [0.717, 1.165) is 36.5 Å². The number of ether oxygens (including phenoxy) is 1. The predicted octanol–water partition coefficient (Wildman–Crippen LogP) is 8.85. The fraction of sp³-hybridized carbons (Fsp3) is 0.312. The molecule has 1 N–H and O–H groups in total. The van der Waals surface area contributed by atoms with Gasteiger partial charge in [-0.05, 0) is 54.0 Å². The molecule has 0 aliphatic rings. The van der Waals surface area contributed by atoms with Gasteiger partial charge in [0.25, 0.3) is 0 Å². The molecule has 0 atom stereocenters. The maximum absolute atomic E-state index is 11.7. The van der Waals surface area contributed by atoms with E-state index in [1.54, 1.807) is 6.20 Å². The van der Waals surface area contributed by atoms with Crippen LogP contribution < -0.4 is 4.74 Å². The van der Waals surface area contributed by atoms with Crippen LogP contribution in [0.4, 0.5) is 0 Å². The Hall–Kier alpha value is -3.01. The Kier molecular flexibility index (Phi) is 12.5. The van der Waals surface area contributed by atoms with Crippen LogP contribution in [0.5, 0.6) is 11.6 Å². The van der Waals surface area contributed by atoms with Crippen molar-refractivity contribution in [2.24, 2.45) is 11.8 Å². The Bertz CT molecular complexity index is 1300. The van der Waals surface area contributed by atoms with Gasteiger partial charge in [0, 0.05) is 55.3 Å². The minimum atomic E-state index is 0. The van der Waals surface area contributed by atoms with Crippen molar-refractivity contribution in [1.82, 2.24) is 4.98 Å². The number of hydrogen-bond donors (Lipinski definition) is 1. The number of fused-ring (bicyclic) bond motifs is 3. The Morgan fingerprint density at radius 1 is 0.865 bits per heavy atom. The molecule has 3 aromatic carbocycles. The maximum Gasteiger partial charge on any atom is 0.224 e. The van der Waals surface area contributed by atoms with E-state index < -0.39 is 0 Å². The summed E-state index contributed by atoms with van der Waals surface area (Å²) >= 11 is 0. The number of aliphatic hydroxyl groups excluding tert-OH is 1. The third kappa shape index (κ3) is 7.98. The first-order chi connectivity index (χ1) is 17.5. The van der Waals surface area contributed by atoms with E-state index in [9.17, 15) is 9.90 Å². The number of nitrogens with zero attached hydrogens (tertiary/aromatic N) is 1. The third-order valence-electron chi connectivity index (χ3n) is 6.60. The zero-order chi connectivity index (χ0) is 25.9. The number of ketones is 1. The summed E-state index contributed by atoms with van der Waals surface area (Å²) in [4.78, 5) is 16.1. The van der Waals surface area contributed by atoms with Gasteiger partial charge in [0.2, 0.25) is 5.88 Å². The SMILES string of the molecule is CCC(CC)C(=O)/C=C(\O)C(CC)CC.[Ir].[c-]1ccccc1Oc1nccc2c1ccc1ccccc12. The Balaban J connectivity index is 0.000000271. The second-order valence-electron chi connectivity index (χ2n) is 8.83. The van der Waals surface area contributed by atoms with E-state index in [1.165, 1.54) is 16.8 Å². The van der Waals surface area contributed by atoms with Gasteiger partial charge in [-0.3, -0.25) is 4.79 Å². The molecule has 197 valence electrons. The average molecular weight is 675 g/mol. The molecule has 4 nitrogen and oxygen atoms in total. The van der Waals surface area contributed by atoms with E-state index >= 15 is 0 Å². The van der Waals surface area contributed by atoms with Crippen LogP contribution in [0, 0.1) is 17.9 Å². The first-order valence-electron chi connectivity index (χ1n) is 12.9. The minimum absolute atomic E-state index is 0. The van der Waals surface area contributed by atoms with Gasteiger partial charge in [0.05, 0.1) is 5.76 Å². The number of carbonyl (C=O) groups excluding carboxylic acids is 1. The predicted molar refractivity (Wildman–Crippen MR) is 148 cm³/mol. The van der Waals surface area contributed by atoms with Crippen LogP contribution in [0.2, 0.25) is 0 Å². The fourth-order valence-electron chi connectivity index (χ4n) is 4.32. The summed E-state index contributed by atoms with van der Waals surface area (Å²) in [7, 11) is 0. The number of rotatable bonds is 9. The van der Waals surface area contributed by atoms with Gasteiger partial charge < -0.3 is 9.84 Å². The van der Waals surface area contributed by atoms with Gasteiger partial charge in [-0.25, -0.2) is 4.98 Å². The van der Waals surface area contributed by atoms with Crippen molar-refractivity contribution >= 4 is 27.3 Å². The van der Waals surface area contributed by atoms with Crippen molar-refractivity contribution in [2.75, 3.05) is 0 Å². The second-order valence-corrected chi connectivity index (χ2v) is 8.83. The largest absolute Gasteiger partial charge is 0.512 e. The van der Waals surface area contributed by atoms with E-state index in [2.05, 4.69) is 35.3 Å². The zero-order valence-electron chi connectivity index (χ0n) is 22.0. The standard InChI is InChI=1S/C19H12NO.C13H24O2.Ir/c1-2-7-15(8-3-1)21-19-18-11-10-14-6-4-5-9-16(14)17(18)12-13-20-19;1-5-10(6-2)12(14)9-13(15)11(7-3)8-4;/h1-7,9-13H;9-11,14H,5-8H2,1-4H3;/q-1;;/b;12-9-;. The fourth-order valence-corrected chi connectivity index (χ4v) is 4.32. The molecule has 5 heteroatoms. The molecule has 0 unspecified atom stereocenters. The van der Waals surface area contributed by atoms with E-state index in [0.29, 0.717) is 11.6 Å². The summed E-state index contributed by atoms with van der Waals surface area (Å²) in [6.07, 6.45) is 6.69. The Morgan fingerprint density at radius 3 is 2.19 bits per heavy atom. The first kappa shape index (κ1) is 30.2. The molecule has 0 saturated heterocycles. The molecule has 0 fully saturated rings. The van der Waals surface area contributed by atoms with Crippen LogP contribution in [-0.2, 0) is 24.9 Å².